The molecule has 0 saturated carbocycles. The molecule has 1 saturated heterocycles. The molecular weight excluding hydrogens is 390 g/mol. The molecule has 1 aromatic heterocycles. The van der Waals surface area contributed by atoms with Gasteiger partial charge in [-0.3, -0.25) is 14.5 Å². The molecule has 1 amide bonds. The highest BCUT2D eigenvalue weighted by molar-refractivity contribution is 5.81. The summed E-state index contributed by atoms with van der Waals surface area (Å²) in [5.74, 6) is -0.709. The third-order valence-corrected chi connectivity index (χ3v) is 6.87. The SMILES string of the molecule is CC=Cc1ccc2n(c1=O)C[C@H]1[C@H](CO)[C@@H](C(=O)N[C@H](C)c3ccccc3)[C@@H]2N1CC. The fourth-order valence-electron chi connectivity index (χ4n) is 5.41. The first-order valence-electron chi connectivity index (χ1n) is 11.1. The summed E-state index contributed by atoms with van der Waals surface area (Å²) in [6.07, 6.45) is 3.68. The molecule has 6 heteroatoms. The minimum Gasteiger partial charge on any atom is -0.396 e. The Morgan fingerprint density at radius 3 is 2.65 bits per heavy atom. The number of pyridine rings is 1. The zero-order valence-corrected chi connectivity index (χ0v) is 18.4. The number of carbonyl (C=O) groups is 1. The molecule has 0 aliphatic carbocycles. The van der Waals surface area contributed by atoms with Gasteiger partial charge in [0.05, 0.1) is 18.0 Å². The Balaban J connectivity index is 1.72. The second kappa shape index (κ2) is 8.81. The van der Waals surface area contributed by atoms with Crippen molar-refractivity contribution in [2.24, 2.45) is 11.8 Å². The Labute approximate surface area is 183 Å². The van der Waals surface area contributed by atoms with Crippen LogP contribution in [0, 0.1) is 11.8 Å². The molecule has 1 fully saturated rings. The van der Waals surface area contributed by atoms with Crippen molar-refractivity contribution in [1.82, 2.24) is 14.8 Å². The highest BCUT2D eigenvalue weighted by Gasteiger charge is 2.55. The summed E-state index contributed by atoms with van der Waals surface area (Å²) < 4.78 is 1.81. The van der Waals surface area contributed by atoms with Gasteiger partial charge in [0.15, 0.2) is 0 Å². The Kier molecular flexibility index (Phi) is 6.12. The number of nitrogens with one attached hydrogen (secondary N) is 1. The van der Waals surface area contributed by atoms with Crippen LogP contribution in [0.15, 0.2) is 53.3 Å². The van der Waals surface area contributed by atoms with Crippen LogP contribution in [0.1, 0.15) is 49.7 Å². The largest absolute Gasteiger partial charge is 0.396 e. The van der Waals surface area contributed by atoms with Crippen molar-refractivity contribution in [2.45, 2.75) is 45.4 Å². The van der Waals surface area contributed by atoms with Gasteiger partial charge in [-0.25, -0.2) is 0 Å². The number of hydrogen-bond donors (Lipinski definition) is 2. The first kappa shape index (κ1) is 21.5. The maximum Gasteiger partial charge on any atom is 0.258 e. The van der Waals surface area contributed by atoms with Gasteiger partial charge in [0.25, 0.3) is 5.56 Å². The van der Waals surface area contributed by atoms with E-state index < -0.39 is 5.92 Å². The van der Waals surface area contributed by atoms with E-state index in [0.717, 1.165) is 17.8 Å². The van der Waals surface area contributed by atoms with Crippen LogP contribution in [-0.4, -0.2) is 39.7 Å². The molecule has 2 bridgehead atoms. The van der Waals surface area contributed by atoms with Crippen molar-refractivity contribution in [3.8, 4) is 0 Å². The second-order valence-corrected chi connectivity index (χ2v) is 8.49. The van der Waals surface area contributed by atoms with Gasteiger partial charge in [-0.1, -0.05) is 49.4 Å². The Bertz CT molecular complexity index is 1030. The Hall–Kier alpha value is -2.70. The van der Waals surface area contributed by atoms with Gasteiger partial charge in [0.1, 0.15) is 0 Å². The Morgan fingerprint density at radius 1 is 1.26 bits per heavy atom. The van der Waals surface area contributed by atoms with Crippen molar-refractivity contribution in [1.29, 1.82) is 0 Å². The molecule has 0 radical (unpaired) electrons. The van der Waals surface area contributed by atoms with Gasteiger partial charge >= 0.3 is 0 Å². The van der Waals surface area contributed by atoms with E-state index in [1.165, 1.54) is 0 Å². The molecule has 0 spiro atoms. The molecule has 2 aliphatic rings. The van der Waals surface area contributed by atoms with E-state index in [1.54, 1.807) is 0 Å². The minimum atomic E-state index is -0.415. The van der Waals surface area contributed by atoms with Crippen molar-refractivity contribution < 1.29 is 9.90 Å². The quantitative estimate of drug-likeness (QED) is 0.752. The molecular formula is C25H31N3O3. The molecule has 2 N–H and O–H groups in total. The van der Waals surface area contributed by atoms with Crippen LogP contribution in [0.4, 0.5) is 0 Å². The summed E-state index contributed by atoms with van der Waals surface area (Å²) in [5.41, 5.74) is 2.52. The summed E-state index contributed by atoms with van der Waals surface area (Å²) in [5, 5.41) is 13.4. The molecule has 4 rings (SSSR count). The second-order valence-electron chi connectivity index (χ2n) is 8.49. The fraction of sp³-hybridized carbons (Fsp3) is 0.440. The number of benzene rings is 1. The van der Waals surface area contributed by atoms with Crippen molar-refractivity contribution in [2.75, 3.05) is 13.2 Å². The summed E-state index contributed by atoms with van der Waals surface area (Å²) in [4.78, 5) is 28.9. The van der Waals surface area contributed by atoms with Crippen molar-refractivity contribution in [3.63, 3.8) is 0 Å². The smallest absolute Gasteiger partial charge is 0.258 e. The number of aliphatic hydroxyl groups excluding tert-OH is 1. The zero-order valence-electron chi connectivity index (χ0n) is 18.4. The number of fused-ring (bicyclic) bond motifs is 4. The molecule has 1 aromatic carbocycles. The predicted molar refractivity (Wildman–Crippen MR) is 121 cm³/mol. The van der Waals surface area contributed by atoms with Gasteiger partial charge in [-0.15, -0.1) is 0 Å². The average Bonchev–Trinajstić information content (AvgIpc) is 3.02. The predicted octanol–water partition coefficient (Wildman–Crippen LogP) is 2.74. The maximum atomic E-state index is 13.5. The lowest BCUT2D eigenvalue weighted by Gasteiger charge is -2.37. The summed E-state index contributed by atoms with van der Waals surface area (Å²) in [6.45, 7) is 7.11. The number of hydrogen-bond acceptors (Lipinski definition) is 4. The van der Waals surface area contributed by atoms with E-state index in [1.807, 2.05) is 73.0 Å². The lowest BCUT2D eigenvalue weighted by atomic mass is 9.86. The average molecular weight is 422 g/mol. The minimum absolute atomic E-state index is 0.0308. The van der Waals surface area contributed by atoms with Gasteiger partial charge < -0.3 is 15.0 Å². The van der Waals surface area contributed by atoms with Crippen LogP contribution in [-0.2, 0) is 11.3 Å². The molecule has 6 nitrogen and oxygen atoms in total. The van der Waals surface area contributed by atoms with E-state index >= 15 is 0 Å². The van der Waals surface area contributed by atoms with E-state index in [0.29, 0.717) is 12.1 Å². The van der Waals surface area contributed by atoms with E-state index in [9.17, 15) is 14.7 Å². The number of nitrogens with zero attached hydrogens (tertiary/aromatic N) is 2. The van der Waals surface area contributed by atoms with E-state index in [2.05, 4.69) is 17.1 Å². The molecule has 0 unspecified atom stereocenters. The topological polar surface area (TPSA) is 74.6 Å². The van der Waals surface area contributed by atoms with Crippen LogP contribution in [0.5, 0.6) is 0 Å². The van der Waals surface area contributed by atoms with Crippen molar-refractivity contribution >= 4 is 12.0 Å². The van der Waals surface area contributed by atoms with Crippen molar-refractivity contribution in [3.05, 3.63) is 75.7 Å². The molecule has 31 heavy (non-hydrogen) atoms. The normalized spacial score (nSPS) is 26.1. The number of aromatic nitrogens is 1. The maximum absolute atomic E-state index is 13.5. The number of rotatable bonds is 6. The monoisotopic (exact) mass is 421 g/mol. The van der Waals surface area contributed by atoms with Gasteiger partial charge in [0.2, 0.25) is 5.91 Å². The highest BCUT2D eigenvalue weighted by Crippen LogP contribution is 2.48. The first-order chi connectivity index (χ1) is 15.0. The molecule has 2 aliphatic heterocycles. The van der Waals surface area contributed by atoms with Gasteiger partial charge in [-0.05, 0) is 38.1 Å². The molecule has 2 aromatic rings. The highest BCUT2D eigenvalue weighted by atomic mass is 16.3. The summed E-state index contributed by atoms with van der Waals surface area (Å²) in [7, 11) is 0. The standard InChI is InChI=1S/C25H31N3O3/c1-4-9-18-12-13-20-23-22(24(30)26-16(3)17-10-7-6-8-11-17)19(15-29)21(27(23)5-2)14-28(20)25(18)31/h4,6-13,16,19,21-23,29H,5,14-15H2,1-3H3,(H,26,30)/t16-,19+,21+,22-,23-/m1/s1. The lowest BCUT2D eigenvalue weighted by molar-refractivity contribution is -0.128. The van der Waals surface area contributed by atoms with Gasteiger partial charge in [0, 0.05) is 36.4 Å². The van der Waals surface area contributed by atoms with Crippen LogP contribution in [0.3, 0.4) is 0 Å². The first-order valence-corrected chi connectivity index (χ1v) is 11.1. The third-order valence-electron chi connectivity index (χ3n) is 6.87. The fourth-order valence-corrected chi connectivity index (χ4v) is 5.41. The number of likely N-dealkylation sites (N-methyl/N-ethyl adjacent to an activating group) is 1. The van der Waals surface area contributed by atoms with Crippen LogP contribution in [0.2, 0.25) is 0 Å². The zero-order chi connectivity index (χ0) is 22.1. The van der Waals surface area contributed by atoms with E-state index in [4.69, 9.17) is 0 Å². The Morgan fingerprint density at radius 2 is 2.00 bits per heavy atom. The van der Waals surface area contributed by atoms with Crippen LogP contribution >= 0.6 is 0 Å². The molecule has 164 valence electrons. The number of carbonyl (C=O) groups excluding carboxylic acids is 1. The van der Waals surface area contributed by atoms with Crippen LogP contribution < -0.4 is 10.9 Å². The molecule has 3 heterocycles. The lowest BCUT2D eigenvalue weighted by Crippen LogP contribution is -2.46. The number of allylic oxidation sites excluding steroid dienone is 1. The summed E-state index contributed by atoms with van der Waals surface area (Å²) in [6, 6.07) is 13.3. The van der Waals surface area contributed by atoms with E-state index in [-0.39, 0.29) is 42.1 Å². The summed E-state index contributed by atoms with van der Waals surface area (Å²) >= 11 is 0. The van der Waals surface area contributed by atoms with Crippen LogP contribution in [0.25, 0.3) is 6.08 Å². The van der Waals surface area contributed by atoms with Gasteiger partial charge in [-0.2, -0.15) is 0 Å². The third kappa shape index (κ3) is 3.64. The molecule has 5 atom stereocenters. The number of aliphatic hydroxyl groups is 1. The number of amides is 1.